The van der Waals surface area contributed by atoms with Crippen LogP contribution in [0, 0.1) is 5.92 Å². The van der Waals surface area contributed by atoms with Crippen LogP contribution in [-0.4, -0.2) is 25.0 Å². The molecular weight excluding hydrogens is 208 g/mol. The van der Waals surface area contributed by atoms with Crippen LogP contribution in [0.5, 0.6) is 0 Å². The smallest absolute Gasteiger partial charge is 0.434 e. The first-order valence-corrected chi connectivity index (χ1v) is 5.62. The predicted octanol–water partition coefficient (Wildman–Crippen LogP) is 2.16. The third-order valence-corrected chi connectivity index (χ3v) is 3.27. The molecule has 2 bridgehead atoms. The van der Waals surface area contributed by atoms with E-state index >= 15 is 0 Å². The zero-order valence-electron chi connectivity index (χ0n) is 8.98. The molecule has 1 saturated carbocycles. The van der Waals surface area contributed by atoms with Gasteiger partial charge in [-0.3, -0.25) is 0 Å². The van der Waals surface area contributed by atoms with Gasteiger partial charge in [0, 0.05) is 5.57 Å². The van der Waals surface area contributed by atoms with E-state index in [0.29, 0.717) is 30.5 Å². The van der Waals surface area contributed by atoms with Crippen LogP contribution in [0.25, 0.3) is 0 Å². The molecule has 3 fully saturated rings. The summed E-state index contributed by atoms with van der Waals surface area (Å²) in [6.45, 7) is 4.06. The first-order valence-electron chi connectivity index (χ1n) is 5.62. The molecule has 2 unspecified atom stereocenters. The number of carbonyl (C=O) groups is 1. The largest absolute Gasteiger partial charge is 0.513 e. The van der Waals surface area contributed by atoms with E-state index in [1.165, 1.54) is 6.42 Å². The van der Waals surface area contributed by atoms with Gasteiger partial charge in [-0.1, -0.05) is 6.58 Å². The Kier molecular flexibility index (Phi) is 2.24. The maximum atomic E-state index is 11.2. The van der Waals surface area contributed by atoms with Crippen LogP contribution in [0.1, 0.15) is 19.3 Å². The Labute approximate surface area is 93.9 Å². The maximum absolute atomic E-state index is 11.2. The lowest BCUT2D eigenvalue weighted by Crippen LogP contribution is -2.46. The highest BCUT2D eigenvalue weighted by Crippen LogP contribution is 2.38. The minimum Gasteiger partial charge on any atom is -0.434 e. The van der Waals surface area contributed by atoms with Crippen LogP contribution in [-0.2, 0) is 14.2 Å². The summed E-state index contributed by atoms with van der Waals surface area (Å²) in [4.78, 5) is 11.2. The standard InChI is InChI=1S/C12H14O4/c1-7-2-11(7)16-12(13)14-6-8-3-9-5-10(4-8)15-9/h2,8-10H,1,3-6H2. The van der Waals surface area contributed by atoms with Crippen molar-refractivity contribution in [3.63, 3.8) is 0 Å². The van der Waals surface area contributed by atoms with Gasteiger partial charge in [-0.05, 0) is 31.3 Å². The molecule has 2 heterocycles. The molecule has 4 aliphatic rings. The minimum atomic E-state index is -0.620. The van der Waals surface area contributed by atoms with Crippen LogP contribution in [0.15, 0.2) is 24.0 Å². The van der Waals surface area contributed by atoms with Gasteiger partial charge in [0.05, 0.1) is 18.8 Å². The molecule has 16 heavy (non-hydrogen) atoms. The molecule has 4 rings (SSSR count). The van der Waals surface area contributed by atoms with Gasteiger partial charge >= 0.3 is 6.16 Å². The number of ether oxygens (including phenoxy) is 3. The predicted molar refractivity (Wildman–Crippen MR) is 55.7 cm³/mol. The van der Waals surface area contributed by atoms with Crippen LogP contribution >= 0.6 is 0 Å². The number of fused-ring (bicyclic) bond motifs is 2. The molecule has 2 aliphatic heterocycles. The molecule has 0 N–H and O–H groups in total. The van der Waals surface area contributed by atoms with Crippen molar-refractivity contribution >= 4 is 6.16 Å². The van der Waals surface area contributed by atoms with Crippen molar-refractivity contribution in [3.05, 3.63) is 24.0 Å². The first-order chi connectivity index (χ1) is 7.70. The molecule has 2 atom stereocenters. The third-order valence-electron chi connectivity index (χ3n) is 3.27. The summed E-state index contributed by atoms with van der Waals surface area (Å²) >= 11 is 0. The quantitative estimate of drug-likeness (QED) is 0.686. The molecule has 4 nitrogen and oxygen atoms in total. The summed E-state index contributed by atoms with van der Waals surface area (Å²) < 4.78 is 15.4. The van der Waals surface area contributed by atoms with Gasteiger partial charge in [-0.25, -0.2) is 4.79 Å². The summed E-state index contributed by atoms with van der Waals surface area (Å²) in [5.74, 6) is 0.973. The van der Waals surface area contributed by atoms with Crippen molar-refractivity contribution in [2.75, 3.05) is 6.61 Å². The summed E-state index contributed by atoms with van der Waals surface area (Å²) in [7, 11) is 0. The zero-order valence-corrected chi connectivity index (χ0v) is 8.98. The van der Waals surface area contributed by atoms with Crippen LogP contribution in [0.4, 0.5) is 4.79 Å². The van der Waals surface area contributed by atoms with E-state index in [0.717, 1.165) is 18.4 Å². The Morgan fingerprint density at radius 1 is 1.44 bits per heavy atom. The monoisotopic (exact) mass is 222 g/mol. The van der Waals surface area contributed by atoms with Gasteiger partial charge in [0.15, 0.2) is 0 Å². The van der Waals surface area contributed by atoms with Gasteiger partial charge < -0.3 is 14.2 Å². The molecule has 2 aliphatic carbocycles. The molecule has 86 valence electrons. The maximum Gasteiger partial charge on any atom is 0.513 e. The van der Waals surface area contributed by atoms with E-state index < -0.39 is 6.16 Å². The summed E-state index contributed by atoms with van der Waals surface area (Å²) in [5, 5.41) is 0. The van der Waals surface area contributed by atoms with Crippen molar-refractivity contribution in [2.24, 2.45) is 5.92 Å². The Morgan fingerprint density at radius 3 is 2.62 bits per heavy atom. The fraction of sp³-hybridized carbons (Fsp3) is 0.583. The highest BCUT2D eigenvalue weighted by Gasteiger charge is 2.39. The van der Waals surface area contributed by atoms with Crippen molar-refractivity contribution in [2.45, 2.75) is 31.5 Å². The molecule has 0 radical (unpaired) electrons. The Hall–Kier alpha value is -1.29. The van der Waals surface area contributed by atoms with Crippen molar-refractivity contribution < 1.29 is 19.0 Å². The highest BCUT2D eigenvalue weighted by molar-refractivity contribution is 5.66. The van der Waals surface area contributed by atoms with E-state index in [-0.39, 0.29) is 0 Å². The van der Waals surface area contributed by atoms with Crippen LogP contribution in [0.2, 0.25) is 0 Å². The number of carbonyl (C=O) groups excluding carboxylic acids is 1. The topological polar surface area (TPSA) is 44.8 Å². The molecule has 4 heteroatoms. The van der Waals surface area contributed by atoms with Gasteiger partial charge in [-0.15, -0.1) is 0 Å². The molecular formula is C12H14O4. The fourth-order valence-electron chi connectivity index (χ4n) is 2.36. The van der Waals surface area contributed by atoms with Gasteiger partial charge in [0.25, 0.3) is 0 Å². The van der Waals surface area contributed by atoms with Gasteiger partial charge in [0.2, 0.25) is 0 Å². The van der Waals surface area contributed by atoms with E-state index in [2.05, 4.69) is 6.58 Å². The van der Waals surface area contributed by atoms with Crippen LogP contribution in [0.3, 0.4) is 0 Å². The molecule has 0 spiro atoms. The van der Waals surface area contributed by atoms with E-state index in [4.69, 9.17) is 14.2 Å². The zero-order chi connectivity index (χ0) is 11.1. The second-order valence-electron chi connectivity index (χ2n) is 4.65. The normalized spacial score (nSPS) is 34.9. The van der Waals surface area contributed by atoms with Crippen LogP contribution < -0.4 is 0 Å². The Balaban J connectivity index is 1.37. The highest BCUT2D eigenvalue weighted by atomic mass is 16.7. The number of hydrogen-bond donors (Lipinski definition) is 0. The van der Waals surface area contributed by atoms with Crippen molar-refractivity contribution in [3.8, 4) is 0 Å². The molecule has 2 saturated heterocycles. The van der Waals surface area contributed by atoms with E-state index in [1.807, 2.05) is 0 Å². The van der Waals surface area contributed by atoms with Gasteiger partial charge in [-0.2, -0.15) is 0 Å². The Morgan fingerprint density at radius 2 is 2.06 bits per heavy atom. The average Bonchev–Trinajstić information content (AvgIpc) is 2.91. The number of hydrogen-bond acceptors (Lipinski definition) is 4. The lowest BCUT2D eigenvalue weighted by atomic mass is 9.81. The number of allylic oxidation sites excluding steroid dienone is 2. The Bertz CT molecular complexity index is 355. The first kappa shape index (κ1) is 9.90. The van der Waals surface area contributed by atoms with Crippen molar-refractivity contribution in [1.82, 2.24) is 0 Å². The van der Waals surface area contributed by atoms with Crippen molar-refractivity contribution in [1.29, 1.82) is 0 Å². The SMILES string of the molecule is C=C1C=C1OC(=O)OCC1CC2CC(C1)O2. The molecule has 0 aromatic carbocycles. The minimum absolute atomic E-state index is 0.397. The molecule has 0 aromatic rings. The van der Waals surface area contributed by atoms with E-state index in [9.17, 15) is 4.79 Å². The molecule has 0 aromatic heterocycles. The second-order valence-corrected chi connectivity index (χ2v) is 4.65. The second kappa shape index (κ2) is 3.63. The lowest BCUT2D eigenvalue weighted by Gasteiger charge is -2.44. The number of rotatable bonds is 3. The molecule has 0 amide bonds. The third kappa shape index (κ3) is 1.97. The summed E-state index contributed by atoms with van der Waals surface area (Å²) in [5.41, 5.74) is 0.768. The summed E-state index contributed by atoms with van der Waals surface area (Å²) in [6, 6.07) is 0. The average molecular weight is 222 g/mol. The fourth-order valence-corrected chi connectivity index (χ4v) is 2.36. The van der Waals surface area contributed by atoms with E-state index in [1.54, 1.807) is 6.08 Å². The summed E-state index contributed by atoms with van der Waals surface area (Å²) in [6.07, 6.45) is 5.05. The van der Waals surface area contributed by atoms with Gasteiger partial charge in [0.1, 0.15) is 5.76 Å². The lowest BCUT2D eigenvalue weighted by molar-refractivity contribution is -0.177.